The quantitative estimate of drug-likeness (QED) is 0.890. The van der Waals surface area contributed by atoms with E-state index in [2.05, 4.69) is 5.32 Å². The van der Waals surface area contributed by atoms with E-state index in [9.17, 15) is 19.1 Å². The van der Waals surface area contributed by atoms with Crippen molar-refractivity contribution in [3.8, 4) is 0 Å². The standard InChI is InChI=1S/C16H16FNO4/c1-3-13-12(8-9-22-13)14(19)18-16(2,15(20)21)10-4-6-11(17)7-5-10/h4-9H,3H2,1-2H3,(H,18,19)(H,20,21). The Balaban J connectivity index is 2.34. The normalized spacial score (nSPS) is 13.4. The summed E-state index contributed by atoms with van der Waals surface area (Å²) in [5.74, 6) is -1.80. The molecule has 1 amide bonds. The van der Waals surface area contributed by atoms with Gasteiger partial charge in [0, 0.05) is 6.42 Å². The van der Waals surface area contributed by atoms with Gasteiger partial charge in [0.25, 0.3) is 5.91 Å². The molecule has 1 unspecified atom stereocenters. The maximum absolute atomic E-state index is 13.0. The number of carbonyl (C=O) groups excluding carboxylic acids is 1. The predicted molar refractivity (Wildman–Crippen MR) is 76.9 cm³/mol. The van der Waals surface area contributed by atoms with Crippen molar-refractivity contribution in [1.82, 2.24) is 5.32 Å². The summed E-state index contributed by atoms with van der Waals surface area (Å²) in [4.78, 5) is 24.0. The molecule has 116 valence electrons. The van der Waals surface area contributed by atoms with E-state index >= 15 is 0 Å². The number of hydrogen-bond donors (Lipinski definition) is 2. The molecule has 0 saturated heterocycles. The number of benzene rings is 1. The Morgan fingerprint density at radius 2 is 1.91 bits per heavy atom. The number of carboxylic acid groups (broad SMARTS) is 1. The molecule has 5 nitrogen and oxygen atoms in total. The van der Waals surface area contributed by atoms with E-state index in [0.29, 0.717) is 12.2 Å². The minimum atomic E-state index is -1.67. The molecule has 1 heterocycles. The number of halogens is 1. The number of aryl methyl sites for hydroxylation is 1. The summed E-state index contributed by atoms with van der Waals surface area (Å²) < 4.78 is 18.2. The zero-order valence-electron chi connectivity index (χ0n) is 12.2. The van der Waals surface area contributed by atoms with Crippen LogP contribution in [0.1, 0.15) is 35.5 Å². The van der Waals surface area contributed by atoms with E-state index in [-0.39, 0.29) is 11.1 Å². The predicted octanol–water partition coefficient (Wildman–Crippen LogP) is 2.71. The lowest BCUT2D eigenvalue weighted by Crippen LogP contribution is -2.49. The van der Waals surface area contributed by atoms with Gasteiger partial charge in [-0.1, -0.05) is 19.1 Å². The van der Waals surface area contributed by atoms with Crippen LogP contribution in [0.25, 0.3) is 0 Å². The molecule has 0 aliphatic rings. The lowest BCUT2D eigenvalue weighted by Gasteiger charge is -2.26. The Hall–Kier alpha value is -2.63. The van der Waals surface area contributed by atoms with Crippen LogP contribution in [0.3, 0.4) is 0 Å². The molecule has 22 heavy (non-hydrogen) atoms. The molecule has 2 aromatic rings. The Bertz CT molecular complexity index is 692. The number of hydrogen-bond acceptors (Lipinski definition) is 3. The molecule has 1 aromatic heterocycles. The van der Waals surface area contributed by atoms with Crippen LogP contribution >= 0.6 is 0 Å². The number of amides is 1. The van der Waals surface area contributed by atoms with Crippen LogP contribution in [0.4, 0.5) is 4.39 Å². The van der Waals surface area contributed by atoms with Crippen molar-refractivity contribution in [3.63, 3.8) is 0 Å². The fourth-order valence-electron chi connectivity index (χ4n) is 2.14. The van der Waals surface area contributed by atoms with Gasteiger partial charge in [-0.05, 0) is 30.7 Å². The first-order valence-corrected chi connectivity index (χ1v) is 6.76. The summed E-state index contributed by atoms with van der Waals surface area (Å²) in [5.41, 5.74) is -1.11. The van der Waals surface area contributed by atoms with Crippen LogP contribution in [0.2, 0.25) is 0 Å². The average molecular weight is 305 g/mol. The average Bonchev–Trinajstić information content (AvgIpc) is 2.96. The first-order chi connectivity index (χ1) is 10.4. The van der Waals surface area contributed by atoms with Crippen LogP contribution in [0.5, 0.6) is 0 Å². The van der Waals surface area contributed by atoms with Crippen LogP contribution in [0.15, 0.2) is 41.0 Å². The van der Waals surface area contributed by atoms with E-state index in [1.165, 1.54) is 31.4 Å². The highest BCUT2D eigenvalue weighted by Gasteiger charge is 2.37. The van der Waals surface area contributed by atoms with Gasteiger partial charge in [-0.3, -0.25) is 4.79 Å². The van der Waals surface area contributed by atoms with Gasteiger partial charge in [0.1, 0.15) is 11.6 Å². The fourth-order valence-corrected chi connectivity index (χ4v) is 2.14. The molecule has 0 spiro atoms. The molecule has 0 radical (unpaired) electrons. The Morgan fingerprint density at radius 3 is 2.45 bits per heavy atom. The number of nitrogens with one attached hydrogen (secondary N) is 1. The Morgan fingerprint density at radius 1 is 1.27 bits per heavy atom. The zero-order valence-corrected chi connectivity index (χ0v) is 12.2. The van der Waals surface area contributed by atoms with Gasteiger partial charge in [-0.25, -0.2) is 9.18 Å². The van der Waals surface area contributed by atoms with Crippen LogP contribution < -0.4 is 5.32 Å². The maximum atomic E-state index is 13.0. The van der Waals surface area contributed by atoms with Gasteiger partial charge in [0.15, 0.2) is 5.54 Å². The second-order valence-corrected chi connectivity index (χ2v) is 5.00. The topological polar surface area (TPSA) is 79.5 Å². The molecule has 0 aliphatic carbocycles. The molecule has 1 atom stereocenters. The van der Waals surface area contributed by atoms with Gasteiger partial charge in [0.2, 0.25) is 0 Å². The third-order valence-electron chi connectivity index (χ3n) is 3.52. The van der Waals surface area contributed by atoms with Crippen molar-refractivity contribution >= 4 is 11.9 Å². The summed E-state index contributed by atoms with van der Waals surface area (Å²) >= 11 is 0. The lowest BCUT2D eigenvalue weighted by molar-refractivity contribution is -0.144. The molecular formula is C16H16FNO4. The molecule has 2 N–H and O–H groups in total. The van der Waals surface area contributed by atoms with Crippen LogP contribution in [-0.4, -0.2) is 17.0 Å². The molecule has 6 heteroatoms. The van der Waals surface area contributed by atoms with Crippen molar-refractivity contribution in [2.75, 3.05) is 0 Å². The van der Waals surface area contributed by atoms with Gasteiger partial charge < -0.3 is 14.8 Å². The van der Waals surface area contributed by atoms with Crippen LogP contribution in [-0.2, 0) is 16.8 Å². The van der Waals surface area contributed by atoms with E-state index in [1.807, 2.05) is 6.92 Å². The minimum absolute atomic E-state index is 0.274. The van der Waals surface area contributed by atoms with Crippen LogP contribution in [0, 0.1) is 5.82 Å². The summed E-state index contributed by atoms with van der Waals surface area (Å²) in [6, 6.07) is 6.46. The SMILES string of the molecule is CCc1occc1C(=O)NC(C)(C(=O)O)c1ccc(F)cc1. The maximum Gasteiger partial charge on any atom is 0.333 e. The van der Waals surface area contributed by atoms with Gasteiger partial charge >= 0.3 is 5.97 Å². The molecule has 0 saturated carbocycles. The highest BCUT2D eigenvalue weighted by Crippen LogP contribution is 2.23. The molecule has 0 aliphatic heterocycles. The zero-order chi connectivity index (χ0) is 16.3. The summed E-state index contributed by atoms with van der Waals surface area (Å²) in [5, 5.41) is 12.0. The molecule has 2 rings (SSSR count). The molecule has 0 fully saturated rings. The lowest BCUT2D eigenvalue weighted by atomic mass is 9.91. The van der Waals surface area contributed by atoms with E-state index in [1.54, 1.807) is 0 Å². The highest BCUT2D eigenvalue weighted by molar-refractivity contribution is 5.98. The largest absolute Gasteiger partial charge is 0.479 e. The molecular weight excluding hydrogens is 289 g/mol. The number of furan rings is 1. The highest BCUT2D eigenvalue weighted by atomic mass is 19.1. The van der Waals surface area contributed by atoms with Gasteiger partial charge in [0.05, 0.1) is 11.8 Å². The van der Waals surface area contributed by atoms with E-state index in [0.717, 1.165) is 12.1 Å². The summed E-state index contributed by atoms with van der Waals surface area (Å²) in [6.45, 7) is 3.18. The van der Waals surface area contributed by atoms with Gasteiger partial charge in [-0.2, -0.15) is 0 Å². The fraction of sp³-hybridized carbons (Fsp3) is 0.250. The Kier molecular flexibility index (Phi) is 4.30. The molecule has 0 bridgehead atoms. The second-order valence-electron chi connectivity index (χ2n) is 5.00. The van der Waals surface area contributed by atoms with Crippen molar-refractivity contribution in [1.29, 1.82) is 0 Å². The van der Waals surface area contributed by atoms with Crippen molar-refractivity contribution < 1.29 is 23.5 Å². The first kappa shape index (κ1) is 15.8. The Labute approximate surface area is 126 Å². The van der Waals surface area contributed by atoms with Gasteiger partial charge in [-0.15, -0.1) is 0 Å². The monoisotopic (exact) mass is 305 g/mol. The van der Waals surface area contributed by atoms with E-state index in [4.69, 9.17) is 4.42 Å². The number of rotatable bonds is 5. The minimum Gasteiger partial charge on any atom is -0.479 e. The van der Waals surface area contributed by atoms with E-state index < -0.39 is 23.2 Å². The smallest absolute Gasteiger partial charge is 0.333 e. The number of carbonyl (C=O) groups is 2. The number of aliphatic carboxylic acids is 1. The van der Waals surface area contributed by atoms with Crippen molar-refractivity contribution in [2.24, 2.45) is 0 Å². The second kappa shape index (κ2) is 6.01. The third kappa shape index (κ3) is 2.86. The third-order valence-corrected chi connectivity index (χ3v) is 3.52. The summed E-state index contributed by atoms with van der Waals surface area (Å²) in [6.07, 6.45) is 1.89. The van der Waals surface area contributed by atoms with Crippen molar-refractivity contribution in [3.05, 3.63) is 59.3 Å². The van der Waals surface area contributed by atoms with Crippen molar-refractivity contribution in [2.45, 2.75) is 25.8 Å². The molecule has 1 aromatic carbocycles. The number of carboxylic acids is 1. The first-order valence-electron chi connectivity index (χ1n) is 6.76. The summed E-state index contributed by atoms with van der Waals surface area (Å²) in [7, 11) is 0.